The van der Waals surface area contributed by atoms with E-state index >= 15 is 0 Å². The zero-order valence-electron chi connectivity index (χ0n) is 11.8. The van der Waals surface area contributed by atoms with E-state index in [1.165, 1.54) is 19.1 Å². The Morgan fingerprint density at radius 1 is 1.10 bits per heavy atom. The minimum Gasteiger partial charge on any atom is -0.451 e. The highest BCUT2D eigenvalue weighted by molar-refractivity contribution is 6.01. The molecule has 108 valence electrons. The van der Waals surface area contributed by atoms with Gasteiger partial charge in [0.15, 0.2) is 6.10 Å². The molecule has 0 aliphatic rings. The predicted octanol–water partition coefficient (Wildman–Crippen LogP) is 3.56. The monoisotopic (exact) mass is 286 g/mol. The highest BCUT2D eigenvalue weighted by Crippen LogP contribution is 2.14. The largest absolute Gasteiger partial charge is 0.451 e. The number of esters is 1. The van der Waals surface area contributed by atoms with E-state index in [1.54, 1.807) is 37.3 Å². The van der Waals surface area contributed by atoms with Crippen LogP contribution in [0.5, 0.6) is 0 Å². The molecule has 0 heterocycles. The van der Waals surface area contributed by atoms with Crippen molar-refractivity contribution in [1.82, 2.24) is 0 Å². The molecule has 0 bridgehead atoms. The van der Waals surface area contributed by atoms with Gasteiger partial charge >= 0.3 is 5.97 Å². The third-order valence-corrected chi connectivity index (χ3v) is 3.13. The number of hydrogen-bond acceptors (Lipinski definition) is 3. The van der Waals surface area contributed by atoms with Crippen molar-refractivity contribution in [1.29, 1.82) is 0 Å². The van der Waals surface area contributed by atoms with Crippen LogP contribution in [0.1, 0.15) is 33.2 Å². The standard InChI is InChI=1S/C17H15FO3/c1-11-8-9-14(18)10-15(11)17(20)21-12(2)16(19)13-6-4-3-5-7-13/h3-10,12H,1-2H3. The van der Waals surface area contributed by atoms with Crippen molar-refractivity contribution in [2.75, 3.05) is 0 Å². The molecule has 0 saturated carbocycles. The molecule has 0 radical (unpaired) electrons. The first kappa shape index (κ1) is 14.9. The van der Waals surface area contributed by atoms with E-state index in [0.717, 1.165) is 6.07 Å². The number of aryl methyl sites for hydroxylation is 1. The molecule has 0 aromatic heterocycles. The number of rotatable bonds is 4. The molecule has 0 saturated heterocycles. The normalized spacial score (nSPS) is 11.8. The third-order valence-electron chi connectivity index (χ3n) is 3.13. The predicted molar refractivity (Wildman–Crippen MR) is 76.8 cm³/mol. The van der Waals surface area contributed by atoms with Crippen molar-refractivity contribution < 1.29 is 18.7 Å². The molecule has 2 aromatic rings. The maximum absolute atomic E-state index is 13.2. The van der Waals surface area contributed by atoms with Gasteiger partial charge in [0.2, 0.25) is 5.78 Å². The summed E-state index contributed by atoms with van der Waals surface area (Å²) in [5.41, 5.74) is 1.19. The summed E-state index contributed by atoms with van der Waals surface area (Å²) in [6, 6.07) is 12.4. The fourth-order valence-electron chi connectivity index (χ4n) is 1.93. The number of carbonyl (C=O) groups excluding carboxylic acids is 2. The molecule has 21 heavy (non-hydrogen) atoms. The van der Waals surface area contributed by atoms with E-state index in [-0.39, 0.29) is 11.3 Å². The van der Waals surface area contributed by atoms with E-state index in [0.29, 0.717) is 11.1 Å². The van der Waals surface area contributed by atoms with Gasteiger partial charge in [-0.25, -0.2) is 9.18 Å². The van der Waals surface area contributed by atoms with Crippen LogP contribution in [0.2, 0.25) is 0 Å². The van der Waals surface area contributed by atoms with Gasteiger partial charge in [0.05, 0.1) is 5.56 Å². The summed E-state index contributed by atoms with van der Waals surface area (Å²) in [7, 11) is 0. The zero-order valence-corrected chi connectivity index (χ0v) is 11.8. The molecule has 0 aliphatic heterocycles. The Bertz CT molecular complexity index is 665. The van der Waals surface area contributed by atoms with Crippen LogP contribution in [0.15, 0.2) is 48.5 Å². The minimum absolute atomic E-state index is 0.128. The Hall–Kier alpha value is -2.49. The van der Waals surface area contributed by atoms with Crippen LogP contribution in [-0.4, -0.2) is 17.9 Å². The SMILES string of the molecule is Cc1ccc(F)cc1C(=O)OC(C)C(=O)c1ccccc1. The summed E-state index contributed by atoms with van der Waals surface area (Å²) in [5.74, 6) is -1.52. The summed E-state index contributed by atoms with van der Waals surface area (Å²) in [5, 5.41) is 0. The number of ketones is 1. The van der Waals surface area contributed by atoms with E-state index in [1.807, 2.05) is 0 Å². The fourth-order valence-corrected chi connectivity index (χ4v) is 1.93. The number of halogens is 1. The highest BCUT2D eigenvalue weighted by Gasteiger charge is 2.21. The van der Waals surface area contributed by atoms with E-state index in [4.69, 9.17) is 4.74 Å². The van der Waals surface area contributed by atoms with Crippen LogP contribution in [-0.2, 0) is 4.74 Å². The van der Waals surface area contributed by atoms with Gasteiger partial charge in [0.25, 0.3) is 0 Å². The maximum atomic E-state index is 13.2. The number of ether oxygens (including phenoxy) is 1. The number of Topliss-reactive ketones (excluding diaryl/α,β-unsaturated/α-hetero) is 1. The van der Waals surface area contributed by atoms with Gasteiger partial charge in [-0.1, -0.05) is 36.4 Å². The lowest BCUT2D eigenvalue weighted by Gasteiger charge is -2.13. The molecule has 0 amide bonds. The first-order valence-electron chi connectivity index (χ1n) is 6.55. The van der Waals surface area contributed by atoms with Gasteiger partial charge in [-0.3, -0.25) is 4.79 Å². The van der Waals surface area contributed by atoms with Gasteiger partial charge < -0.3 is 4.74 Å². The van der Waals surface area contributed by atoms with Crippen molar-refractivity contribution in [3.63, 3.8) is 0 Å². The third kappa shape index (κ3) is 3.54. The molecule has 1 atom stereocenters. The second-order valence-electron chi connectivity index (χ2n) is 4.74. The van der Waals surface area contributed by atoms with Gasteiger partial charge in [0.1, 0.15) is 5.82 Å². The minimum atomic E-state index is -0.928. The average Bonchev–Trinajstić information content (AvgIpc) is 2.49. The summed E-state index contributed by atoms with van der Waals surface area (Å²) >= 11 is 0. The Labute approximate surface area is 122 Å². The highest BCUT2D eigenvalue weighted by atomic mass is 19.1. The molecule has 0 aliphatic carbocycles. The van der Waals surface area contributed by atoms with Crippen LogP contribution >= 0.6 is 0 Å². The number of benzene rings is 2. The molecule has 2 aromatic carbocycles. The Morgan fingerprint density at radius 2 is 1.76 bits per heavy atom. The molecule has 1 unspecified atom stereocenters. The lowest BCUT2D eigenvalue weighted by atomic mass is 10.1. The van der Waals surface area contributed by atoms with Crippen LogP contribution in [0.25, 0.3) is 0 Å². The van der Waals surface area contributed by atoms with Crippen LogP contribution < -0.4 is 0 Å². The molecule has 0 fully saturated rings. The van der Waals surface area contributed by atoms with Crippen LogP contribution in [0.3, 0.4) is 0 Å². The van der Waals surface area contributed by atoms with Gasteiger partial charge in [-0.05, 0) is 31.5 Å². The average molecular weight is 286 g/mol. The topological polar surface area (TPSA) is 43.4 Å². The number of carbonyl (C=O) groups is 2. The van der Waals surface area contributed by atoms with Crippen molar-refractivity contribution in [3.05, 3.63) is 71.0 Å². The smallest absolute Gasteiger partial charge is 0.339 e. The van der Waals surface area contributed by atoms with Crippen molar-refractivity contribution in [2.45, 2.75) is 20.0 Å². The van der Waals surface area contributed by atoms with Gasteiger partial charge in [-0.2, -0.15) is 0 Å². The summed E-state index contributed by atoms with van der Waals surface area (Å²) in [4.78, 5) is 24.1. The Balaban J connectivity index is 2.12. The van der Waals surface area contributed by atoms with Crippen LogP contribution in [0, 0.1) is 12.7 Å². The molecule has 3 nitrogen and oxygen atoms in total. The van der Waals surface area contributed by atoms with E-state index in [2.05, 4.69) is 0 Å². The quantitative estimate of drug-likeness (QED) is 0.637. The fraction of sp³-hybridized carbons (Fsp3) is 0.176. The zero-order chi connectivity index (χ0) is 15.4. The molecular weight excluding hydrogens is 271 g/mol. The summed E-state index contributed by atoms with van der Waals surface area (Å²) in [6.45, 7) is 3.18. The number of hydrogen-bond donors (Lipinski definition) is 0. The van der Waals surface area contributed by atoms with E-state index < -0.39 is 17.9 Å². The lowest BCUT2D eigenvalue weighted by molar-refractivity contribution is 0.0317. The van der Waals surface area contributed by atoms with E-state index in [9.17, 15) is 14.0 Å². The second kappa shape index (κ2) is 6.31. The molecular formula is C17H15FO3. The van der Waals surface area contributed by atoms with Crippen molar-refractivity contribution in [3.8, 4) is 0 Å². The Morgan fingerprint density at radius 3 is 2.43 bits per heavy atom. The van der Waals surface area contributed by atoms with Crippen molar-refractivity contribution >= 4 is 11.8 Å². The lowest BCUT2D eigenvalue weighted by Crippen LogP contribution is -2.24. The molecule has 0 N–H and O–H groups in total. The van der Waals surface area contributed by atoms with Gasteiger partial charge in [0, 0.05) is 5.56 Å². The first-order chi connectivity index (χ1) is 9.99. The van der Waals surface area contributed by atoms with Crippen LogP contribution in [0.4, 0.5) is 4.39 Å². The maximum Gasteiger partial charge on any atom is 0.339 e. The first-order valence-corrected chi connectivity index (χ1v) is 6.55. The molecule has 0 spiro atoms. The van der Waals surface area contributed by atoms with Crippen molar-refractivity contribution in [2.24, 2.45) is 0 Å². The second-order valence-corrected chi connectivity index (χ2v) is 4.74. The summed E-state index contributed by atoms with van der Waals surface area (Å²) in [6.07, 6.45) is -0.928. The molecule has 2 rings (SSSR count). The van der Waals surface area contributed by atoms with Gasteiger partial charge in [-0.15, -0.1) is 0 Å². The Kier molecular flexibility index (Phi) is 4.48. The summed E-state index contributed by atoms with van der Waals surface area (Å²) < 4.78 is 18.3. The molecule has 4 heteroatoms.